The number of methoxy groups -OCH3 is 1. The van der Waals surface area contributed by atoms with Crippen LogP contribution in [0.4, 0.5) is 22.0 Å². The first-order chi connectivity index (χ1) is 11.0. The Morgan fingerprint density at radius 2 is 1.79 bits per heavy atom. The summed E-state index contributed by atoms with van der Waals surface area (Å²) in [5.74, 6) is -6.53. The molecule has 0 saturated heterocycles. The molecule has 0 saturated carbocycles. The van der Waals surface area contributed by atoms with Crippen molar-refractivity contribution in [2.75, 3.05) is 13.7 Å². The number of rotatable bonds is 6. The van der Waals surface area contributed by atoms with E-state index in [9.17, 15) is 31.5 Å². The van der Waals surface area contributed by atoms with Crippen LogP contribution < -0.4 is 4.74 Å². The van der Waals surface area contributed by atoms with Gasteiger partial charge in [0.15, 0.2) is 12.4 Å². The minimum absolute atomic E-state index is 0.209. The number of Topliss-reactive ketones (excluding diaryl/α,β-unsaturated/α-hetero) is 1. The summed E-state index contributed by atoms with van der Waals surface area (Å²) < 4.78 is 70.0. The molecule has 0 atom stereocenters. The van der Waals surface area contributed by atoms with Crippen molar-refractivity contribution in [2.45, 2.75) is 19.0 Å². The number of esters is 1. The largest absolute Gasteiger partial charge is 0.497 e. The first-order valence-corrected chi connectivity index (χ1v) is 6.46. The molecular weight excluding hydrogens is 339 g/mol. The standard InChI is InChI=1S/C15H13F5O4/c1-9(21)12-5-4-11(23-2)7-10(12)3-6-13(22)24-8-14(16,17)15(18,19)20/h3-7H,8H2,1-2H3/b6-3+. The van der Waals surface area contributed by atoms with E-state index in [0.29, 0.717) is 11.8 Å². The SMILES string of the molecule is COc1ccc(C(C)=O)c(/C=C/C(=O)OCC(F)(F)C(F)(F)F)c1. The molecule has 1 rings (SSSR count). The molecule has 0 bridgehead atoms. The summed E-state index contributed by atoms with van der Waals surface area (Å²) in [4.78, 5) is 22.8. The maximum absolute atomic E-state index is 12.6. The van der Waals surface area contributed by atoms with Gasteiger partial charge in [-0.25, -0.2) is 4.79 Å². The van der Waals surface area contributed by atoms with E-state index >= 15 is 0 Å². The molecule has 132 valence electrons. The van der Waals surface area contributed by atoms with Crippen molar-refractivity contribution in [3.8, 4) is 5.75 Å². The molecule has 0 aromatic heterocycles. The predicted molar refractivity (Wildman–Crippen MR) is 74.0 cm³/mol. The molecule has 1 aromatic carbocycles. The van der Waals surface area contributed by atoms with Crippen LogP contribution in [0, 0.1) is 0 Å². The molecule has 0 N–H and O–H groups in total. The number of halogens is 5. The molecule has 9 heteroatoms. The van der Waals surface area contributed by atoms with Crippen LogP contribution in [0.3, 0.4) is 0 Å². The summed E-state index contributed by atoms with van der Waals surface area (Å²) in [6.07, 6.45) is -4.10. The fourth-order valence-electron chi connectivity index (χ4n) is 1.58. The van der Waals surface area contributed by atoms with Gasteiger partial charge in [-0.05, 0) is 36.8 Å². The van der Waals surface area contributed by atoms with Crippen LogP contribution in [-0.2, 0) is 9.53 Å². The number of carbonyl (C=O) groups is 2. The van der Waals surface area contributed by atoms with Gasteiger partial charge < -0.3 is 9.47 Å². The summed E-state index contributed by atoms with van der Waals surface area (Å²) in [6, 6.07) is 4.31. The topological polar surface area (TPSA) is 52.6 Å². The van der Waals surface area contributed by atoms with E-state index in [1.165, 1.54) is 32.2 Å². The second-order valence-electron chi connectivity index (χ2n) is 4.65. The quantitative estimate of drug-likeness (QED) is 0.339. The molecule has 0 unspecified atom stereocenters. The molecule has 1 aromatic rings. The highest BCUT2D eigenvalue weighted by molar-refractivity contribution is 5.99. The van der Waals surface area contributed by atoms with Gasteiger partial charge in [-0.3, -0.25) is 4.79 Å². The molecular formula is C15H13F5O4. The normalized spacial score (nSPS) is 12.3. The lowest BCUT2D eigenvalue weighted by molar-refractivity contribution is -0.293. The van der Waals surface area contributed by atoms with Gasteiger partial charge in [0.1, 0.15) is 5.75 Å². The Labute approximate surface area is 133 Å². The highest BCUT2D eigenvalue weighted by Gasteiger charge is 2.58. The van der Waals surface area contributed by atoms with E-state index < -0.39 is 24.7 Å². The van der Waals surface area contributed by atoms with Crippen molar-refractivity contribution in [1.82, 2.24) is 0 Å². The van der Waals surface area contributed by atoms with Crippen LogP contribution >= 0.6 is 0 Å². The second-order valence-corrected chi connectivity index (χ2v) is 4.65. The monoisotopic (exact) mass is 352 g/mol. The van der Waals surface area contributed by atoms with Crippen molar-refractivity contribution in [3.63, 3.8) is 0 Å². The lowest BCUT2D eigenvalue weighted by Crippen LogP contribution is -2.41. The number of benzene rings is 1. The van der Waals surface area contributed by atoms with E-state index in [1.54, 1.807) is 0 Å². The first-order valence-electron chi connectivity index (χ1n) is 6.46. The number of hydrogen-bond donors (Lipinski definition) is 0. The Morgan fingerprint density at radius 1 is 1.17 bits per heavy atom. The highest BCUT2D eigenvalue weighted by Crippen LogP contribution is 2.35. The van der Waals surface area contributed by atoms with Crippen LogP contribution in [0.5, 0.6) is 5.75 Å². The lowest BCUT2D eigenvalue weighted by atomic mass is 10.0. The summed E-state index contributed by atoms with van der Waals surface area (Å²) >= 11 is 0. The minimum atomic E-state index is -5.81. The summed E-state index contributed by atoms with van der Waals surface area (Å²) in [5, 5.41) is 0. The lowest BCUT2D eigenvalue weighted by Gasteiger charge is -2.18. The van der Waals surface area contributed by atoms with Crippen LogP contribution in [0.15, 0.2) is 24.3 Å². The third kappa shape index (κ3) is 5.04. The van der Waals surface area contributed by atoms with Gasteiger partial charge in [0.2, 0.25) is 0 Å². The van der Waals surface area contributed by atoms with Gasteiger partial charge in [-0.2, -0.15) is 22.0 Å². The minimum Gasteiger partial charge on any atom is -0.497 e. The summed E-state index contributed by atoms with van der Waals surface area (Å²) in [6.45, 7) is -0.862. The maximum Gasteiger partial charge on any atom is 0.456 e. The van der Waals surface area contributed by atoms with Gasteiger partial charge in [0.05, 0.1) is 7.11 Å². The Balaban J connectivity index is 2.86. The zero-order valence-electron chi connectivity index (χ0n) is 12.6. The average molecular weight is 352 g/mol. The van der Waals surface area contributed by atoms with Gasteiger partial charge >= 0.3 is 18.1 Å². The van der Waals surface area contributed by atoms with E-state index in [2.05, 4.69) is 4.74 Å². The van der Waals surface area contributed by atoms with Crippen molar-refractivity contribution < 1.29 is 41.0 Å². The molecule has 0 radical (unpaired) electrons. The first kappa shape index (κ1) is 19.6. The summed E-state index contributed by atoms with van der Waals surface area (Å²) in [7, 11) is 1.36. The van der Waals surface area contributed by atoms with E-state index in [-0.39, 0.29) is 16.9 Å². The highest BCUT2D eigenvalue weighted by atomic mass is 19.4. The third-order valence-corrected chi connectivity index (χ3v) is 2.85. The van der Waals surface area contributed by atoms with Crippen LogP contribution in [0.25, 0.3) is 6.08 Å². The zero-order chi connectivity index (χ0) is 18.5. The van der Waals surface area contributed by atoms with E-state index in [0.717, 1.165) is 6.08 Å². The van der Waals surface area contributed by atoms with Crippen LogP contribution in [0.1, 0.15) is 22.8 Å². The molecule has 0 aliphatic carbocycles. The van der Waals surface area contributed by atoms with Gasteiger partial charge in [-0.15, -0.1) is 0 Å². The Hall–Kier alpha value is -2.45. The number of carbonyl (C=O) groups excluding carboxylic acids is 2. The zero-order valence-corrected chi connectivity index (χ0v) is 12.6. The smallest absolute Gasteiger partial charge is 0.456 e. The Bertz CT molecular complexity index is 650. The van der Waals surface area contributed by atoms with Gasteiger partial charge in [0.25, 0.3) is 0 Å². The molecule has 0 aliphatic heterocycles. The number of alkyl halides is 5. The molecule has 4 nitrogen and oxygen atoms in total. The van der Waals surface area contributed by atoms with E-state index in [1.807, 2.05) is 0 Å². The number of ketones is 1. The van der Waals surface area contributed by atoms with Crippen molar-refractivity contribution in [2.24, 2.45) is 0 Å². The van der Waals surface area contributed by atoms with Gasteiger partial charge in [-0.1, -0.05) is 0 Å². The fraction of sp³-hybridized carbons (Fsp3) is 0.333. The van der Waals surface area contributed by atoms with Crippen molar-refractivity contribution in [1.29, 1.82) is 0 Å². The van der Waals surface area contributed by atoms with Crippen LogP contribution in [-0.4, -0.2) is 37.6 Å². The van der Waals surface area contributed by atoms with Crippen LogP contribution in [0.2, 0.25) is 0 Å². The Kier molecular flexibility index (Phi) is 6.05. The van der Waals surface area contributed by atoms with Crippen molar-refractivity contribution >= 4 is 17.8 Å². The van der Waals surface area contributed by atoms with Crippen molar-refractivity contribution in [3.05, 3.63) is 35.4 Å². The summed E-state index contributed by atoms with van der Waals surface area (Å²) in [5.41, 5.74) is 0.432. The van der Waals surface area contributed by atoms with Gasteiger partial charge in [0, 0.05) is 11.6 Å². The molecule has 0 heterocycles. The van der Waals surface area contributed by atoms with E-state index in [4.69, 9.17) is 4.74 Å². The number of ether oxygens (including phenoxy) is 2. The predicted octanol–water partition coefficient (Wildman–Crippen LogP) is 3.65. The third-order valence-electron chi connectivity index (χ3n) is 2.85. The molecule has 0 fully saturated rings. The molecule has 0 aliphatic rings. The fourth-order valence-corrected chi connectivity index (χ4v) is 1.58. The second kappa shape index (κ2) is 7.41. The Morgan fingerprint density at radius 3 is 2.29 bits per heavy atom. The maximum atomic E-state index is 12.6. The molecule has 24 heavy (non-hydrogen) atoms. The molecule has 0 amide bonds. The number of hydrogen-bond acceptors (Lipinski definition) is 4. The average Bonchev–Trinajstić information content (AvgIpc) is 2.49. The molecule has 0 spiro atoms.